The van der Waals surface area contributed by atoms with Crippen molar-refractivity contribution >= 4 is 27.3 Å². The Bertz CT molecular complexity index is 890. The normalized spacial score (nSPS) is 12.3. The highest BCUT2D eigenvalue weighted by Gasteiger charge is 2.13. The highest BCUT2D eigenvalue weighted by Crippen LogP contribution is 2.17. The lowest BCUT2D eigenvalue weighted by atomic mass is 10.1. The summed E-state index contributed by atoms with van der Waals surface area (Å²) in [6.07, 6.45) is 1.15. The van der Waals surface area contributed by atoms with Crippen molar-refractivity contribution in [3.63, 3.8) is 0 Å². The maximum atomic E-state index is 12.4. The topological polar surface area (TPSA) is 92.3 Å². The van der Waals surface area contributed by atoms with E-state index in [9.17, 15) is 18.0 Å². The van der Waals surface area contributed by atoms with Crippen molar-refractivity contribution in [3.05, 3.63) is 59.7 Å². The Kier molecular flexibility index (Phi) is 5.58. The van der Waals surface area contributed by atoms with Crippen molar-refractivity contribution in [3.8, 4) is 0 Å². The molecule has 0 aliphatic carbocycles. The van der Waals surface area contributed by atoms with Crippen LogP contribution in [0, 0.1) is 0 Å². The second-order valence-electron chi connectivity index (χ2n) is 5.80. The number of rotatable bonds is 5. The van der Waals surface area contributed by atoms with Crippen LogP contribution < -0.4 is 10.6 Å². The van der Waals surface area contributed by atoms with Crippen molar-refractivity contribution in [2.45, 2.75) is 24.8 Å². The number of sulfone groups is 1. The first-order valence-corrected chi connectivity index (χ1v) is 9.54. The molecule has 2 N–H and O–H groups in total. The fourth-order valence-corrected chi connectivity index (χ4v) is 2.94. The van der Waals surface area contributed by atoms with E-state index in [1.54, 1.807) is 36.4 Å². The van der Waals surface area contributed by atoms with Gasteiger partial charge >= 0.3 is 0 Å². The van der Waals surface area contributed by atoms with Gasteiger partial charge in [0.05, 0.1) is 10.9 Å². The molecule has 2 rings (SSSR count). The highest BCUT2D eigenvalue weighted by atomic mass is 32.2. The molecule has 0 bridgehead atoms. The second-order valence-corrected chi connectivity index (χ2v) is 7.81. The lowest BCUT2D eigenvalue weighted by molar-refractivity contribution is -0.114. The molecule has 25 heavy (non-hydrogen) atoms. The van der Waals surface area contributed by atoms with Crippen LogP contribution in [0.25, 0.3) is 0 Å². The van der Waals surface area contributed by atoms with Gasteiger partial charge in [-0.1, -0.05) is 18.2 Å². The summed E-state index contributed by atoms with van der Waals surface area (Å²) in [7, 11) is -3.25. The van der Waals surface area contributed by atoms with E-state index < -0.39 is 9.84 Å². The lowest BCUT2D eigenvalue weighted by Gasteiger charge is -2.15. The van der Waals surface area contributed by atoms with Gasteiger partial charge in [0.15, 0.2) is 9.84 Å². The van der Waals surface area contributed by atoms with E-state index in [-0.39, 0.29) is 22.8 Å². The Morgan fingerprint density at radius 2 is 1.68 bits per heavy atom. The number of hydrogen-bond donors (Lipinski definition) is 2. The van der Waals surface area contributed by atoms with Gasteiger partial charge < -0.3 is 10.6 Å². The quantitative estimate of drug-likeness (QED) is 0.857. The number of amides is 2. The number of anilines is 1. The van der Waals surface area contributed by atoms with Gasteiger partial charge in [-0.15, -0.1) is 0 Å². The van der Waals surface area contributed by atoms with E-state index in [4.69, 9.17) is 0 Å². The number of carbonyl (C=O) groups is 2. The van der Waals surface area contributed by atoms with E-state index >= 15 is 0 Å². The Morgan fingerprint density at radius 3 is 2.24 bits per heavy atom. The van der Waals surface area contributed by atoms with Crippen LogP contribution in [0.5, 0.6) is 0 Å². The first-order valence-electron chi connectivity index (χ1n) is 7.65. The third kappa shape index (κ3) is 5.15. The maximum Gasteiger partial charge on any atom is 0.251 e. The molecular formula is C18H20N2O4S. The minimum atomic E-state index is -3.25. The molecule has 0 radical (unpaired) electrons. The van der Waals surface area contributed by atoms with Crippen LogP contribution in [0.4, 0.5) is 5.69 Å². The van der Waals surface area contributed by atoms with Gasteiger partial charge in [0.1, 0.15) is 0 Å². The number of carbonyl (C=O) groups excluding carboxylic acids is 2. The predicted octanol–water partition coefficient (Wildman–Crippen LogP) is 2.54. The third-order valence-electron chi connectivity index (χ3n) is 3.60. The zero-order valence-corrected chi connectivity index (χ0v) is 15.1. The van der Waals surface area contributed by atoms with E-state index in [0.717, 1.165) is 11.8 Å². The summed E-state index contributed by atoms with van der Waals surface area (Å²) >= 11 is 0. The van der Waals surface area contributed by atoms with Crippen LogP contribution in [-0.4, -0.2) is 26.5 Å². The van der Waals surface area contributed by atoms with Crippen molar-refractivity contribution in [2.75, 3.05) is 11.6 Å². The van der Waals surface area contributed by atoms with Crippen LogP contribution >= 0.6 is 0 Å². The van der Waals surface area contributed by atoms with Gasteiger partial charge in [0.2, 0.25) is 5.91 Å². The Morgan fingerprint density at radius 1 is 1.04 bits per heavy atom. The van der Waals surface area contributed by atoms with Crippen molar-refractivity contribution < 1.29 is 18.0 Å². The first-order chi connectivity index (χ1) is 11.7. The highest BCUT2D eigenvalue weighted by molar-refractivity contribution is 7.90. The van der Waals surface area contributed by atoms with Crippen LogP contribution in [0.3, 0.4) is 0 Å². The average Bonchev–Trinajstić information content (AvgIpc) is 2.53. The molecule has 2 aromatic carbocycles. The fourth-order valence-electron chi connectivity index (χ4n) is 2.31. The SMILES string of the molecule is CC(=O)Nc1cccc(C(=O)NC(C)c2ccc(S(C)(=O)=O)cc2)c1. The molecule has 0 aliphatic heterocycles. The summed E-state index contributed by atoms with van der Waals surface area (Å²) in [5.74, 6) is -0.496. The lowest BCUT2D eigenvalue weighted by Crippen LogP contribution is -2.26. The van der Waals surface area contributed by atoms with E-state index in [1.807, 2.05) is 6.92 Å². The molecule has 2 amide bonds. The minimum Gasteiger partial charge on any atom is -0.346 e. The smallest absolute Gasteiger partial charge is 0.251 e. The van der Waals surface area contributed by atoms with Crippen molar-refractivity contribution in [1.82, 2.24) is 5.32 Å². The third-order valence-corrected chi connectivity index (χ3v) is 4.73. The molecule has 7 heteroatoms. The number of hydrogen-bond acceptors (Lipinski definition) is 4. The van der Waals surface area contributed by atoms with Crippen LogP contribution in [0.15, 0.2) is 53.4 Å². The first kappa shape index (κ1) is 18.7. The van der Waals surface area contributed by atoms with Crippen LogP contribution in [-0.2, 0) is 14.6 Å². The molecule has 0 aliphatic rings. The predicted molar refractivity (Wildman–Crippen MR) is 96.2 cm³/mol. The molecule has 132 valence electrons. The van der Waals surface area contributed by atoms with Gasteiger partial charge in [0, 0.05) is 24.4 Å². The zero-order chi connectivity index (χ0) is 18.6. The minimum absolute atomic E-state index is 0.211. The van der Waals surface area contributed by atoms with E-state index in [2.05, 4.69) is 10.6 Å². The summed E-state index contributed by atoms with van der Waals surface area (Å²) in [5.41, 5.74) is 1.76. The molecule has 0 spiro atoms. The summed E-state index contributed by atoms with van der Waals surface area (Å²) < 4.78 is 23.0. The fraction of sp³-hybridized carbons (Fsp3) is 0.222. The molecule has 0 aromatic heterocycles. The van der Waals surface area contributed by atoms with Gasteiger partial charge in [-0.25, -0.2) is 8.42 Å². The Balaban J connectivity index is 2.11. The molecule has 1 atom stereocenters. The zero-order valence-electron chi connectivity index (χ0n) is 14.2. The molecule has 0 saturated heterocycles. The largest absolute Gasteiger partial charge is 0.346 e. The van der Waals surface area contributed by atoms with Gasteiger partial charge in [-0.3, -0.25) is 9.59 Å². The summed E-state index contributed by atoms with van der Waals surface area (Å²) in [5, 5.41) is 5.48. The van der Waals surface area contributed by atoms with E-state index in [0.29, 0.717) is 11.3 Å². The standard InChI is InChI=1S/C18H20N2O4S/c1-12(14-7-9-17(10-8-14)25(3,23)24)19-18(22)15-5-4-6-16(11-15)20-13(2)21/h4-12H,1-3H3,(H,19,22)(H,20,21). The van der Waals surface area contributed by atoms with Crippen molar-refractivity contribution in [2.24, 2.45) is 0 Å². The van der Waals surface area contributed by atoms with Crippen LogP contribution in [0.2, 0.25) is 0 Å². The maximum absolute atomic E-state index is 12.4. The Labute approximate surface area is 147 Å². The Hall–Kier alpha value is -2.67. The molecule has 0 fully saturated rings. The van der Waals surface area contributed by atoms with Gasteiger partial charge in [-0.2, -0.15) is 0 Å². The van der Waals surface area contributed by atoms with Gasteiger partial charge in [0.25, 0.3) is 5.91 Å². The van der Waals surface area contributed by atoms with Crippen LogP contribution in [0.1, 0.15) is 35.8 Å². The van der Waals surface area contributed by atoms with Gasteiger partial charge in [-0.05, 0) is 42.8 Å². The van der Waals surface area contributed by atoms with Crippen molar-refractivity contribution in [1.29, 1.82) is 0 Å². The average molecular weight is 360 g/mol. The molecule has 0 heterocycles. The summed E-state index contributed by atoms with van der Waals surface area (Å²) in [6, 6.07) is 12.7. The number of nitrogens with one attached hydrogen (secondary N) is 2. The van der Waals surface area contributed by atoms with E-state index in [1.165, 1.54) is 19.1 Å². The second kappa shape index (κ2) is 7.48. The number of benzene rings is 2. The monoisotopic (exact) mass is 360 g/mol. The molecule has 0 saturated carbocycles. The molecule has 1 unspecified atom stereocenters. The summed E-state index contributed by atoms with van der Waals surface area (Å²) in [6.45, 7) is 3.21. The molecular weight excluding hydrogens is 340 g/mol. The summed E-state index contributed by atoms with van der Waals surface area (Å²) in [4.78, 5) is 23.7. The molecule has 6 nitrogen and oxygen atoms in total. The molecule has 2 aromatic rings.